The van der Waals surface area contributed by atoms with Crippen molar-refractivity contribution in [3.8, 4) is 5.75 Å². The van der Waals surface area contributed by atoms with Crippen LogP contribution in [0.1, 0.15) is 111 Å². The first-order valence-corrected chi connectivity index (χ1v) is 24.3. The van der Waals surface area contributed by atoms with Crippen LogP contribution in [0.3, 0.4) is 0 Å². The highest BCUT2D eigenvalue weighted by molar-refractivity contribution is 5.95. The number of allylic oxidation sites excluding steroid dienone is 1. The molecule has 21 heteroatoms. The molecule has 388 valence electrons. The van der Waals surface area contributed by atoms with Crippen LogP contribution in [-0.4, -0.2) is 134 Å². The van der Waals surface area contributed by atoms with E-state index in [1.165, 1.54) is 60.7 Å². The number of aliphatic hydroxyl groups excluding tert-OH is 1. The summed E-state index contributed by atoms with van der Waals surface area (Å²) in [4.78, 5) is 58.6. The molecule has 1 aliphatic heterocycles. The Morgan fingerprint density at radius 3 is 2.30 bits per heavy atom. The summed E-state index contributed by atoms with van der Waals surface area (Å²) in [6.07, 6.45) is 18.3. The summed E-state index contributed by atoms with van der Waals surface area (Å²) in [5.74, 6) is -1.28. The van der Waals surface area contributed by atoms with Crippen molar-refractivity contribution in [2.45, 2.75) is 141 Å². The number of carboxylic acid groups (broad SMARTS) is 1. The maximum Gasteiger partial charge on any atom is 0.332 e. The van der Waals surface area contributed by atoms with Crippen LogP contribution in [0.15, 0.2) is 70.6 Å². The number of likely N-dealkylation sites (N-methyl/N-ethyl adjacent to an activating group) is 2. The summed E-state index contributed by atoms with van der Waals surface area (Å²) in [5, 5.41) is 51.7. The van der Waals surface area contributed by atoms with Crippen LogP contribution in [0.4, 0.5) is 0 Å². The fraction of sp³-hybridized carbons (Fsp3) is 0.560. The van der Waals surface area contributed by atoms with E-state index in [9.17, 15) is 34.2 Å². The van der Waals surface area contributed by atoms with E-state index in [1.807, 2.05) is 32.5 Å². The minimum Gasteiger partial charge on any atom is -0.507 e. The van der Waals surface area contributed by atoms with Crippen molar-refractivity contribution < 1.29 is 44.0 Å². The van der Waals surface area contributed by atoms with E-state index in [0.717, 1.165) is 30.2 Å². The number of ether oxygens (including phenoxy) is 2. The van der Waals surface area contributed by atoms with Gasteiger partial charge in [-0.05, 0) is 88.7 Å². The maximum atomic E-state index is 12.3. The zero-order valence-electron chi connectivity index (χ0n) is 41.7. The fourth-order valence-corrected chi connectivity index (χ4v) is 8.74. The molecule has 4 atom stereocenters. The van der Waals surface area contributed by atoms with Crippen molar-refractivity contribution in [3.63, 3.8) is 0 Å². The molecule has 2 amide bonds. The molecule has 3 heterocycles. The second-order valence-electron chi connectivity index (χ2n) is 18.2. The quantitative estimate of drug-likeness (QED) is 0.0554. The summed E-state index contributed by atoms with van der Waals surface area (Å²) in [6.45, 7) is 3.95. The number of carbonyl (C=O) groups excluding carboxylic acids is 3. The molecule has 4 unspecified atom stereocenters. The first kappa shape index (κ1) is 57.2. The molecule has 0 bridgehead atoms. The third-order valence-electron chi connectivity index (χ3n) is 12.7. The van der Waals surface area contributed by atoms with Gasteiger partial charge in [-0.1, -0.05) is 61.9 Å². The average Bonchev–Trinajstić information content (AvgIpc) is 3.81. The number of nitrogens with two attached hydrogens (primary N) is 1. The van der Waals surface area contributed by atoms with Crippen LogP contribution < -0.4 is 21.9 Å². The second kappa shape index (κ2) is 29.7. The lowest BCUT2D eigenvalue weighted by molar-refractivity contribution is -0.163. The van der Waals surface area contributed by atoms with Gasteiger partial charge >= 0.3 is 5.97 Å². The number of aromatic nitrogens is 5. The smallest absolute Gasteiger partial charge is 0.332 e. The second-order valence-corrected chi connectivity index (χ2v) is 18.2. The van der Waals surface area contributed by atoms with Crippen LogP contribution in [0.5, 0.6) is 5.75 Å². The number of phenols is 1. The molecule has 0 radical (unpaired) electrons. The SMILES string of the molecule is CN(/C=C(\N=N)C1CCCCC1)CC=O.CNC1CCC(C(=O)O)OC1CC(O)CNC(=O)c1cc(C)c(O)c(C)c1.COC1CCCCC1.NC(=O)Cn1cc(Cn2ncc3ccccc3c2=O)nn1. The van der Waals surface area contributed by atoms with Gasteiger partial charge in [0.2, 0.25) is 5.91 Å². The minimum absolute atomic E-state index is 0.0197. The molecular weight excluding hydrogens is 915 g/mol. The number of aryl methyl sites for hydroxylation is 2. The van der Waals surface area contributed by atoms with Gasteiger partial charge in [0.15, 0.2) is 6.10 Å². The Kier molecular flexibility index (Phi) is 23.9. The molecule has 3 aliphatic rings. The van der Waals surface area contributed by atoms with Crippen LogP contribution >= 0.6 is 0 Å². The number of nitrogens with zero attached hydrogens (tertiary/aromatic N) is 7. The van der Waals surface area contributed by atoms with Crippen molar-refractivity contribution in [3.05, 3.63) is 93.4 Å². The molecule has 7 rings (SSSR count). The normalized spacial score (nSPS) is 18.8. The predicted octanol–water partition coefficient (Wildman–Crippen LogP) is 4.77. The number of hydrogen-bond donors (Lipinski definition) is 7. The number of nitrogens with one attached hydrogen (secondary N) is 3. The molecular formula is C50H73N11O10. The highest BCUT2D eigenvalue weighted by Crippen LogP contribution is 2.30. The number of phenolic OH excluding ortho intramolecular Hbond substituents is 1. The number of primary amides is 1. The molecule has 2 aromatic heterocycles. The third-order valence-corrected chi connectivity index (χ3v) is 12.7. The van der Waals surface area contributed by atoms with Crippen molar-refractivity contribution >= 4 is 34.8 Å². The van der Waals surface area contributed by atoms with E-state index in [4.69, 9.17) is 25.8 Å². The van der Waals surface area contributed by atoms with Crippen LogP contribution in [0.2, 0.25) is 0 Å². The highest BCUT2D eigenvalue weighted by atomic mass is 16.5. The molecule has 1 saturated heterocycles. The summed E-state index contributed by atoms with van der Waals surface area (Å²) >= 11 is 0. The van der Waals surface area contributed by atoms with Crippen molar-refractivity contribution in [1.82, 2.24) is 40.3 Å². The number of rotatable bonds is 17. The lowest BCUT2D eigenvalue weighted by Gasteiger charge is -2.35. The summed E-state index contributed by atoms with van der Waals surface area (Å²) < 4.78 is 13.4. The van der Waals surface area contributed by atoms with Crippen LogP contribution in [0.25, 0.3) is 10.8 Å². The van der Waals surface area contributed by atoms with Gasteiger partial charge in [0, 0.05) is 56.2 Å². The molecule has 2 aliphatic carbocycles. The molecule has 2 saturated carbocycles. The lowest BCUT2D eigenvalue weighted by Crippen LogP contribution is -2.50. The Balaban J connectivity index is 0.000000221. The Morgan fingerprint density at radius 2 is 1.70 bits per heavy atom. The van der Waals surface area contributed by atoms with E-state index < -0.39 is 30.2 Å². The largest absolute Gasteiger partial charge is 0.507 e. The standard InChI is InChI=1S/C19H28N2O6.C13H12N6O2.C11H19N3O.C7H14O/c1-10-6-12(7-11(2)17(10)23)18(24)21-9-13(22)8-16-14(20-3)4-5-15(27-16)19(25)26;14-12(20)8-18-6-10(16-17-18)7-19-13(21)11-4-2-1-3-9(11)5-15-19;1-14(7-8-15)9-11(13-12)10-5-3-2-4-6-10;1-8-7-5-3-2-4-6-7/h6-7,13-16,20,22-23H,4-5,8-9H2,1-3H3,(H,21,24)(H,25,26);1-6H,7-8H2,(H2,14,20);8-10,12H,2-7H2,1H3;7H,2-6H2,1H3/b;;11-9-,13-12?;. The highest BCUT2D eigenvalue weighted by Gasteiger charge is 2.35. The van der Waals surface area contributed by atoms with Gasteiger partial charge in [0.05, 0.1) is 54.9 Å². The summed E-state index contributed by atoms with van der Waals surface area (Å²) in [5.41, 5.74) is 15.0. The number of fused-ring (bicyclic) bond motifs is 1. The number of carboxylic acids is 1. The Morgan fingerprint density at radius 1 is 1.04 bits per heavy atom. The number of methoxy groups -OCH3 is 1. The topological polar surface area (TPSA) is 303 Å². The summed E-state index contributed by atoms with van der Waals surface area (Å²) in [7, 11) is 5.42. The molecule has 0 spiro atoms. The minimum atomic E-state index is -1.00. The first-order chi connectivity index (χ1) is 34.1. The monoisotopic (exact) mass is 988 g/mol. The number of aliphatic carboxylic acids is 1. The third kappa shape index (κ3) is 18.7. The van der Waals surface area contributed by atoms with Gasteiger partial charge in [-0.15, -0.1) is 5.10 Å². The molecule has 71 heavy (non-hydrogen) atoms. The van der Waals surface area contributed by atoms with E-state index in [1.54, 1.807) is 62.5 Å². The van der Waals surface area contributed by atoms with E-state index in [-0.39, 0.29) is 49.3 Å². The van der Waals surface area contributed by atoms with Gasteiger partial charge in [-0.2, -0.15) is 10.2 Å². The number of amides is 2. The van der Waals surface area contributed by atoms with Crippen molar-refractivity contribution in [2.75, 3.05) is 34.3 Å². The van der Waals surface area contributed by atoms with Gasteiger partial charge in [0.25, 0.3) is 11.5 Å². The number of carbonyl (C=O) groups is 4. The number of aldehydes is 1. The number of hydrogen-bond acceptors (Lipinski definition) is 16. The predicted molar refractivity (Wildman–Crippen MR) is 266 cm³/mol. The average molecular weight is 988 g/mol. The maximum absolute atomic E-state index is 12.3. The van der Waals surface area contributed by atoms with Crippen LogP contribution in [0, 0.1) is 25.3 Å². The number of benzene rings is 2. The lowest BCUT2D eigenvalue weighted by atomic mass is 9.87. The number of aromatic hydroxyl groups is 1. The van der Waals surface area contributed by atoms with Gasteiger partial charge in [-0.25, -0.2) is 19.7 Å². The zero-order chi connectivity index (χ0) is 51.9. The molecule has 4 aromatic rings. The fourth-order valence-electron chi connectivity index (χ4n) is 8.74. The Hall–Kier alpha value is -6.42. The molecule has 2 aromatic carbocycles. The molecule has 8 N–H and O–H groups in total. The van der Waals surface area contributed by atoms with E-state index in [0.29, 0.717) is 59.2 Å². The number of aliphatic hydroxyl groups is 1. The van der Waals surface area contributed by atoms with Gasteiger partial charge in [0.1, 0.15) is 24.3 Å². The zero-order valence-corrected chi connectivity index (χ0v) is 41.7. The van der Waals surface area contributed by atoms with Gasteiger partial charge in [-0.3, -0.25) is 14.4 Å². The Labute approximate surface area is 414 Å². The van der Waals surface area contributed by atoms with E-state index >= 15 is 0 Å². The van der Waals surface area contributed by atoms with Crippen LogP contribution in [-0.2, 0) is 36.9 Å². The molecule has 21 nitrogen and oxygen atoms in total. The molecule has 3 fully saturated rings. The Bertz CT molecular complexity index is 2410. The van der Waals surface area contributed by atoms with E-state index in [2.05, 4.69) is 31.2 Å². The van der Waals surface area contributed by atoms with Crippen molar-refractivity contribution in [1.29, 1.82) is 5.53 Å². The van der Waals surface area contributed by atoms with Gasteiger partial charge < -0.3 is 50.9 Å². The first-order valence-electron chi connectivity index (χ1n) is 24.3. The summed E-state index contributed by atoms with van der Waals surface area (Å²) in [6, 6.07) is 10.4. The van der Waals surface area contributed by atoms with Crippen molar-refractivity contribution in [2.24, 2.45) is 16.8 Å².